The Morgan fingerprint density at radius 1 is 1.27 bits per heavy atom. The van der Waals surface area contributed by atoms with Gasteiger partial charge in [0.2, 0.25) is 11.6 Å². The lowest BCUT2D eigenvalue weighted by Gasteiger charge is -2.14. The first-order chi connectivity index (χ1) is 14.4. The number of furan rings is 1. The van der Waals surface area contributed by atoms with E-state index >= 15 is 0 Å². The van der Waals surface area contributed by atoms with Gasteiger partial charge in [-0.15, -0.1) is 0 Å². The Balaban J connectivity index is 1.71. The minimum absolute atomic E-state index is 0.0263. The van der Waals surface area contributed by atoms with E-state index < -0.39 is 11.5 Å². The van der Waals surface area contributed by atoms with Crippen LogP contribution in [0.2, 0.25) is 0 Å². The van der Waals surface area contributed by atoms with Crippen molar-refractivity contribution in [3.63, 3.8) is 0 Å². The molecule has 0 spiro atoms. The molecule has 158 valence electrons. The highest BCUT2D eigenvalue weighted by molar-refractivity contribution is 6.03. The van der Waals surface area contributed by atoms with Crippen LogP contribution in [0.4, 0.5) is 0 Å². The number of nitrogens with one attached hydrogen (secondary N) is 1. The Bertz CT molecular complexity index is 1100. The molecule has 3 rings (SSSR count). The molecule has 0 aliphatic rings. The van der Waals surface area contributed by atoms with E-state index in [2.05, 4.69) is 10.3 Å². The molecule has 0 radical (unpaired) electrons. The van der Waals surface area contributed by atoms with Crippen LogP contribution >= 0.6 is 0 Å². The number of ether oxygens (including phenoxy) is 1. The minimum atomic E-state index is -0.649. The molecule has 3 aromatic rings. The zero-order chi connectivity index (χ0) is 21.7. The van der Waals surface area contributed by atoms with Crippen molar-refractivity contribution in [1.29, 1.82) is 0 Å². The predicted octanol–water partition coefficient (Wildman–Crippen LogP) is 2.61. The van der Waals surface area contributed by atoms with Crippen LogP contribution in [-0.2, 0) is 22.5 Å². The number of fused-ring (bicyclic) bond motifs is 1. The Hall–Kier alpha value is -3.42. The zero-order valence-electron chi connectivity index (χ0n) is 17.3. The van der Waals surface area contributed by atoms with E-state index in [-0.39, 0.29) is 47.5 Å². The van der Waals surface area contributed by atoms with E-state index in [1.54, 1.807) is 13.8 Å². The van der Waals surface area contributed by atoms with Gasteiger partial charge in [-0.05, 0) is 39.2 Å². The third-order valence-corrected chi connectivity index (χ3v) is 4.76. The van der Waals surface area contributed by atoms with Crippen LogP contribution in [0.3, 0.4) is 0 Å². The molecule has 0 aliphatic carbocycles. The summed E-state index contributed by atoms with van der Waals surface area (Å²) in [6, 6.07) is 9.96. The highest BCUT2D eigenvalue weighted by Gasteiger charge is 2.24. The lowest BCUT2D eigenvalue weighted by atomic mass is 10.1. The molecular formula is C22H25N3O5. The van der Waals surface area contributed by atoms with Crippen molar-refractivity contribution in [2.45, 2.75) is 46.2 Å². The fraction of sp³-hybridized carbons (Fsp3) is 0.364. The zero-order valence-corrected chi connectivity index (χ0v) is 17.3. The first-order valence-electron chi connectivity index (χ1n) is 9.89. The minimum Gasteiger partial charge on any atom is -0.462 e. The summed E-state index contributed by atoms with van der Waals surface area (Å²) >= 11 is 0. The number of carbonyl (C=O) groups is 2. The standard InChI is InChI=1S/C22H25N3O5/c1-4-29-22(28)18-15(3)30-20-19(18)21(27)25(13-23-20)12-17(26)24-14(2)10-11-16-8-6-5-7-9-16/h5-9,13-14H,4,10-12H2,1-3H3,(H,24,26)/t14-/m0/s1. The summed E-state index contributed by atoms with van der Waals surface area (Å²) < 4.78 is 11.6. The maximum Gasteiger partial charge on any atom is 0.342 e. The number of nitrogens with zero attached hydrogens (tertiary/aromatic N) is 2. The predicted molar refractivity (Wildman–Crippen MR) is 111 cm³/mol. The monoisotopic (exact) mass is 411 g/mol. The fourth-order valence-electron chi connectivity index (χ4n) is 3.27. The number of hydrogen-bond acceptors (Lipinski definition) is 6. The number of carbonyl (C=O) groups excluding carboxylic acids is 2. The maximum absolute atomic E-state index is 12.9. The van der Waals surface area contributed by atoms with Crippen molar-refractivity contribution in [2.24, 2.45) is 0 Å². The Morgan fingerprint density at radius 3 is 2.70 bits per heavy atom. The van der Waals surface area contributed by atoms with E-state index in [0.717, 1.165) is 12.8 Å². The SMILES string of the molecule is CCOC(=O)c1c(C)oc2ncn(CC(=O)N[C@@H](C)CCc3ccccc3)c(=O)c12. The average Bonchev–Trinajstić information content (AvgIpc) is 3.06. The summed E-state index contributed by atoms with van der Waals surface area (Å²) in [4.78, 5) is 41.6. The largest absolute Gasteiger partial charge is 0.462 e. The molecule has 0 aliphatic heterocycles. The Morgan fingerprint density at radius 2 is 2.00 bits per heavy atom. The Labute approximate surface area is 173 Å². The second-order valence-corrected chi connectivity index (χ2v) is 7.10. The number of amides is 1. The van der Waals surface area contributed by atoms with Gasteiger partial charge in [-0.1, -0.05) is 30.3 Å². The lowest BCUT2D eigenvalue weighted by Crippen LogP contribution is -2.37. The molecule has 8 nitrogen and oxygen atoms in total. The van der Waals surface area contributed by atoms with Crippen LogP contribution in [0, 0.1) is 6.92 Å². The van der Waals surface area contributed by atoms with E-state index in [4.69, 9.17) is 9.15 Å². The number of rotatable bonds is 8. The van der Waals surface area contributed by atoms with Crippen molar-refractivity contribution >= 4 is 23.0 Å². The lowest BCUT2D eigenvalue weighted by molar-refractivity contribution is -0.122. The highest BCUT2D eigenvalue weighted by atomic mass is 16.5. The molecule has 0 bridgehead atoms. The molecule has 1 N–H and O–H groups in total. The van der Waals surface area contributed by atoms with Gasteiger partial charge in [-0.3, -0.25) is 14.2 Å². The molecule has 0 saturated heterocycles. The second kappa shape index (κ2) is 9.39. The van der Waals surface area contributed by atoms with Gasteiger partial charge in [-0.2, -0.15) is 0 Å². The topological polar surface area (TPSA) is 103 Å². The first-order valence-corrected chi connectivity index (χ1v) is 9.89. The van der Waals surface area contributed by atoms with Crippen LogP contribution in [0.1, 0.15) is 41.9 Å². The summed E-state index contributed by atoms with van der Waals surface area (Å²) in [6.07, 6.45) is 2.86. The molecule has 1 amide bonds. The molecule has 2 aromatic heterocycles. The number of esters is 1. The smallest absolute Gasteiger partial charge is 0.342 e. The van der Waals surface area contributed by atoms with Gasteiger partial charge in [0.1, 0.15) is 29.6 Å². The Kier molecular flexibility index (Phi) is 6.66. The van der Waals surface area contributed by atoms with E-state index in [1.165, 1.54) is 16.5 Å². The van der Waals surface area contributed by atoms with Gasteiger partial charge in [0.15, 0.2) is 0 Å². The van der Waals surface area contributed by atoms with Crippen molar-refractivity contribution in [3.05, 3.63) is 63.9 Å². The quantitative estimate of drug-likeness (QED) is 0.572. The summed E-state index contributed by atoms with van der Waals surface area (Å²) in [5.41, 5.74) is 0.780. The number of hydrogen-bond donors (Lipinski definition) is 1. The van der Waals surface area contributed by atoms with Crippen LogP contribution < -0.4 is 10.9 Å². The van der Waals surface area contributed by atoms with Crippen LogP contribution in [0.5, 0.6) is 0 Å². The number of aromatic nitrogens is 2. The van der Waals surface area contributed by atoms with E-state index in [0.29, 0.717) is 0 Å². The third-order valence-electron chi connectivity index (χ3n) is 4.76. The molecule has 0 unspecified atom stereocenters. The summed E-state index contributed by atoms with van der Waals surface area (Å²) in [5.74, 6) is -0.703. The average molecular weight is 411 g/mol. The van der Waals surface area contributed by atoms with Crippen molar-refractivity contribution in [1.82, 2.24) is 14.9 Å². The second-order valence-electron chi connectivity index (χ2n) is 7.10. The van der Waals surface area contributed by atoms with Gasteiger partial charge in [0, 0.05) is 6.04 Å². The molecule has 30 heavy (non-hydrogen) atoms. The van der Waals surface area contributed by atoms with Crippen LogP contribution in [-0.4, -0.2) is 34.1 Å². The van der Waals surface area contributed by atoms with Gasteiger partial charge in [0.05, 0.1) is 6.61 Å². The first kappa shape index (κ1) is 21.3. The van der Waals surface area contributed by atoms with E-state index in [1.807, 2.05) is 37.3 Å². The molecule has 0 fully saturated rings. The van der Waals surface area contributed by atoms with Crippen LogP contribution in [0.15, 0.2) is 45.9 Å². The highest BCUT2D eigenvalue weighted by Crippen LogP contribution is 2.21. The molecular weight excluding hydrogens is 386 g/mol. The summed E-state index contributed by atoms with van der Waals surface area (Å²) in [5, 5.41) is 2.92. The summed E-state index contributed by atoms with van der Waals surface area (Å²) in [6.45, 7) is 5.13. The number of benzene rings is 1. The molecule has 8 heteroatoms. The molecule has 2 heterocycles. The van der Waals surface area contributed by atoms with Crippen molar-refractivity contribution < 1.29 is 18.7 Å². The fourth-order valence-corrected chi connectivity index (χ4v) is 3.27. The molecule has 0 saturated carbocycles. The third kappa shape index (κ3) is 4.76. The van der Waals surface area contributed by atoms with Gasteiger partial charge in [-0.25, -0.2) is 9.78 Å². The van der Waals surface area contributed by atoms with Gasteiger partial charge in [0.25, 0.3) is 5.56 Å². The van der Waals surface area contributed by atoms with Crippen LogP contribution in [0.25, 0.3) is 11.1 Å². The van der Waals surface area contributed by atoms with Gasteiger partial charge < -0.3 is 14.5 Å². The summed E-state index contributed by atoms with van der Waals surface area (Å²) in [7, 11) is 0. The normalized spacial score (nSPS) is 12.0. The number of aryl methyl sites for hydroxylation is 2. The van der Waals surface area contributed by atoms with Crippen molar-refractivity contribution in [3.8, 4) is 0 Å². The maximum atomic E-state index is 12.9. The van der Waals surface area contributed by atoms with Gasteiger partial charge >= 0.3 is 5.97 Å². The van der Waals surface area contributed by atoms with Crippen molar-refractivity contribution in [2.75, 3.05) is 6.61 Å². The molecule has 1 aromatic carbocycles. The molecule has 1 atom stereocenters. The van der Waals surface area contributed by atoms with E-state index in [9.17, 15) is 14.4 Å².